The van der Waals surface area contributed by atoms with E-state index in [0.717, 1.165) is 42.9 Å². The molecule has 2 heterocycles. The van der Waals surface area contributed by atoms with E-state index in [1.165, 1.54) is 34.7 Å². The van der Waals surface area contributed by atoms with Crippen LogP contribution in [-0.2, 0) is 0 Å². The summed E-state index contributed by atoms with van der Waals surface area (Å²) in [4.78, 5) is 7.76. The maximum absolute atomic E-state index is 5.24. The van der Waals surface area contributed by atoms with Crippen LogP contribution in [0.1, 0.15) is 35.6 Å². The van der Waals surface area contributed by atoms with Crippen LogP contribution in [-0.4, -0.2) is 9.82 Å². The zero-order valence-electron chi connectivity index (χ0n) is 19.0. The van der Waals surface area contributed by atoms with Gasteiger partial charge in [0.05, 0.1) is 16.4 Å². The first kappa shape index (κ1) is 22.6. The van der Waals surface area contributed by atoms with Gasteiger partial charge in [0.25, 0.3) is 0 Å². The Morgan fingerprint density at radius 2 is 1.51 bits per heavy atom. The maximum Gasteiger partial charge on any atom is 0.195 e. The number of thiazole rings is 1. The second-order valence-corrected chi connectivity index (χ2v) is 13.7. The molecule has 5 unspecified atom stereocenters. The molecule has 2 bridgehead atoms. The molecule has 2 fully saturated rings. The number of nitrogens with zero attached hydrogens (tertiary/aromatic N) is 2. The molecule has 2 aliphatic carbocycles. The molecule has 2 saturated carbocycles. The Bertz CT molecular complexity index is 1480. The van der Waals surface area contributed by atoms with Crippen molar-refractivity contribution in [3.8, 4) is 5.69 Å². The second kappa shape index (κ2) is 9.05. The van der Waals surface area contributed by atoms with Crippen LogP contribution >= 0.6 is 55.0 Å². The lowest BCUT2D eigenvalue weighted by atomic mass is 9.75. The molecule has 3 aliphatic rings. The minimum atomic E-state index is 0.439. The highest BCUT2D eigenvalue weighted by Crippen LogP contribution is 2.64. The van der Waals surface area contributed by atoms with Gasteiger partial charge in [0.1, 0.15) is 0 Å². The highest BCUT2D eigenvalue weighted by Gasteiger charge is 2.55. The van der Waals surface area contributed by atoms with Gasteiger partial charge in [0, 0.05) is 25.0 Å². The van der Waals surface area contributed by atoms with E-state index in [1.807, 2.05) is 17.4 Å². The number of rotatable bonds is 3. The fraction of sp³-hybridized carbons (Fsp3) is 0.276. The maximum atomic E-state index is 5.24. The summed E-state index contributed by atoms with van der Waals surface area (Å²) in [7, 11) is 0. The molecule has 2 nitrogen and oxygen atoms in total. The van der Waals surface area contributed by atoms with Gasteiger partial charge in [-0.05, 0) is 98.7 Å². The van der Waals surface area contributed by atoms with Gasteiger partial charge < -0.3 is 0 Å². The van der Waals surface area contributed by atoms with Crippen LogP contribution in [0.5, 0.6) is 0 Å². The van der Waals surface area contributed by atoms with E-state index >= 15 is 0 Å². The van der Waals surface area contributed by atoms with E-state index in [2.05, 4.69) is 121 Å². The van der Waals surface area contributed by atoms with Crippen LogP contribution in [0.2, 0.25) is 0 Å². The SMILES string of the molecule is Brc1ccccc1N=c1sc2c(n1-c1ccccc1Br)SC1C3CCC(C3)C1C2c1ccccc1. The first-order chi connectivity index (χ1) is 17.2. The lowest BCUT2D eigenvalue weighted by Crippen LogP contribution is -2.34. The smallest absolute Gasteiger partial charge is 0.195 e. The quantitative estimate of drug-likeness (QED) is 0.223. The number of benzene rings is 3. The van der Waals surface area contributed by atoms with Crippen molar-refractivity contribution in [2.75, 3.05) is 0 Å². The zero-order chi connectivity index (χ0) is 23.5. The van der Waals surface area contributed by atoms with Gasteiger partial charge in [-0.25, -0.2) is 4.99 Å². The highest BCUT2D eigenvalue weighted by molar-refractivity contribution is 9.11. The Morgan fingerprint density at radius 3 is 2.31 bits per heavy atom. The minimum absolute atomic E-state index is 0.439. The number of aromatic nitrogens is 1. The summed E-state index contributed by atoms with van der Waals surface area (Å²) in [5.74, 6) is 2.84. The largest absolute Gasteiger partial charge is 0.278 e. The molecule has 0 spiro atoms. The average Bonchev–Trinajstić information content (AvgIpc) is 3.59. The van der Waals surface area contributed by atoms with E-state index < -0.39 is 0 Å². The van der Waals surface area contributed by atoms with Crippen molar-refractivity contribution in [2.45, 2.75) is 35.5 Å². The third-order valence-corrected chi connectivity index (χ3v) is 12.1. The summed E-state index contributed by atoms with van der Waals surface area (Å²) in [6.07, 6.45) is 4.20. The Balaban J connectivity index is 1.52. The van der Waals surface area contributed by atoms with Gasteiger partial charge in [-0.3, -0.25) is 4.57 Å². The first-order valence-corrected chi connectivity index (χ1v) is 15.5. The van der Waals surface area contributed by atoms with E-state index in [-0.39, 0.29) is 0 Å². The van der Waals surface area contributed by atoms with Crippen molar-refractivity contribution in [2.24, 2.45) is 22.7 Å². The number of halogens is 2. The number of thioether (sulfide) groups is 1. The Morgan fingerprint density at radius 1 is 0.800 bits per heavy atom. The summed E-state index contributed by atoms with van der Waals surface area (Å²) in [6.45, 7) is 0. The van der Waals surface area contributed by atoms with Crippen LogP contribution in [0.3, 0.4) is 0 Å². The molecular weight excluding hydrogens is 600 g/mol. The van der Waals surface area contributed by atoms with Gasteiger partial charge in [0.15, 0.2) is 4.80 Å². The Kier molecular flexibility index (Phi) is 5.84. The van der Waals surface area contributed by atoms with Gasteiger partial charge in [-0.2, -0.15) is 0 Å². The van der Waals surface area contributed by atoms with Crippen LogP contribution in [0.4, 0.5) is 5.69 Å². The molecule has 1 aliphatic heterocycles. The molecule has 3 aromatic carbocycles. The molecule has 7 rings (SSSR count). The molecule has 176 valence electrons. The van der Waals surface area contributed by atoms with Crippen LogP contribution < -0.4 is 4.80 Å². The lowest BCUT2D eigenvalue weighted by Gasteiger charge is -2.40. The van der Waals surface area contributed by atoms with Crippen LogP contribution in [0.15, 0.2) is 97.8 Å². The molecule has 4 aromatic rings. The van der Waals surface area contributed by atoms with Gasteiger partial charge in [-0.1, -0.05) is 65.9 Å². The van der Waals surface area contributed by atoms with E-state index in [4.69, 9.17) is 4.99 Å². The summed E-state index contributed by atoms with van der Waals surface area (Å²) < 4.78 is 4.54. The van der Waals surface area contributed by atoms with Crippen molar-refractivity contribution in [1.82, 2.24) is 4.57 Å². The van der Waals surface area contributed by atoms with Crippen molar-refractivity contribution in [1.29, 1.82) is 0 Å². The van der Waals surface area contributed by atoms with Crippen LogP contribution in [0.25, 0.3) is 5.69 Å². The second-order valence-electron chi connectivity index (χ2n) is 9.79. The van der Waals surface area contributed by atoms with E-state index in [1.54, 1.807) is 0 Å². The molecule has 35 heavy (non-hydrogen) atoms. The summed E-state index contributed by atoms with van der Waals surface area (Å²) >= 11 is 11.6. The van der Waals surface area contributed by atoms with Crippen molar-refractivity contribution < 1.29 is 0 Å². The zero-order valence-corrected chi connectivity index (χ0v) is 23.8. The Labute approximate surface area is 230 Å². The predicted molar refractivity (Wildman–Crippen MR) is 153 cm³/mol. The molecule has 0 radical (unpaired) electrons. The lowest BCUT2D eigenvalue weighted by molar-refractivity contribution is 0.307. The van der Waals surface area contributed by atoms with Crippen molar-refractivity contribution in [3.63, 3.8) is 0 Å². The Hall–Kier alpha value is -1.60. The number of para-hydroxylation sites is 2. The van der Waals surface area contributed by atoms with Gasteiger partial charge in [-0.15, -0.1) is 11.8 Å². The number of hydrogen-bond acceptors (Lipinski definition) is 3. The summed E-state index contributed by atoms with van der Waals surface area (Å²) in [5.41, 5.74) is 3.59. The number of hydrogen-bond donors (Lipinski definition) is 0. The topological polar surface area (TPSA) is 17.3 Å². The van der Waals surface area contributed by atoms with Gasteiger partial charge in [0.2, 0.25) is 0 Å². The molecule has 0 saturated heterocycles. The highest BCUT2D eigenvalue weighted by atomic mass is 79.9. The predicted octanol–water partition coefficient (Wildman–Crippen LogP) is 8.95. The monoisotopic (exact) mass is 622 g/mol. The molecule has 0 amide bonds. The summed E-state index contributed by atoms with van der Waals surface area (Å²) in [6, 6.07) is 28.1. The van der Waals surface area contributed by atoms with Gasteiger partial charge >= 0.3 is 0 Å². The van der Waals surface area contributed by atoms with Crippen molar-refractivity contribution >= 4 is 60.6 Å². The fourth-order valence-corrected chi connectivity index (χ4v) is 10.7. The van der Waals surface area contributed by atoms with E-state index in [0.29, 0.717) is 11.2 Å². The summed E-state index contributed by atoms with van der Waals surface area (Å²) in [5, 5.41) is 2.07. The van der Waals surface area contributed by atoms with Crippen molar-refractivity contribution in [3.05, 3.63) is 103 Å². The third-order valence-electron chi connectivity index (χ3n) is 7.94. The molecule has 0 N–H and O–H groups in total. The number of fused-ring (bicyclic) bond motifs is 6. The molecular formula is C29H24Br2N2S2. The van der Waals surface area contributed by atoms with Crippen LogP contribution in [0, 0.1) is 17.8 Å². The van der Waals surface area contributed by atoms with E-state index in [9.17, 15) is 0 Å². The third kappa shape index (κ3) is 3.75. The fourth-order valence-electron chi connectivity index (χ4n) is 6.51. The average molecular weight is 624 g/mol. The normalized spacial score (nSPS) is 27.1. The minimum Gasteiger partial charge on any atom is -0.278 e. The standard InChI is InChI=1S/C29H24Br2N2S2/c30-20-10-4-6-12-22(20)32-29-33(23-13-7-5-11-21(23)31)28-27(35-29)24(17-8-2-1-3-9-17)25-18-14-15-19(16-18)26(25)34-28/h1-13,18-19,24-26H,14-16H2. The first-order valence-electron chi connectivity index (χ1n) is 12.2. The molecule has 1 aromatic heterocycles. The molecule has 5 atom stereocenters. The molecule has 6 heteroatoms.